The van der Waals surface area contributed by atoms with Crippen molar-refractivity contribution in [3.05, 3.63) is 42.1 Å². The van der Waals surface area contributed by atoms with Crippen LogP contribution in [-0.4, -0.2) is 16.1 Å². The number of carboxylic acids is 1. The number of para-hydroxylation sites is 1. The highest BCUT2D eigenvalue weighted by Crippen LogP contribution is 2.26. The fraction of sp³-hybridized carbons (Fsp3) is 0.231. The van der Waals surface area contributed by atoms with E-state index in [1.165, 1.54) is 0 Å². The molecule has 0 saturated carbocycles. The van der Waals surface area contributed by atoms with E-state index in [1.807, 2.05) is 37.3 Å². The van der Waals surface area contributed by atoms with E-state index >= 15 is 0 Å². The van der Waals surface area contributed by atoms with Crippen LogP contribution in [0.3, 0.4) is 0 Å². The molecule has 1 aromatic carbocycles. The van der Waals surface area contributed by atoms with Crippen LogP contribution in [0, 0.1) is 0 Å². The number of benzene rings is 1. The second-order valence-electron chi connectivity index (χ2n) is 3.72. The van der Waals surface area contributed by atoms with Crippen molar-refractivity contribution in [3.8, 4) is 0 Å². The third-order valence-electron chi connectivity index (χ3n) is 2.75. The van der Waals surface area contributed by atoms with Crippen LogP contribution in [0.1, 0.15) is 24.8 Å². The van der Waals surface area contributed by atoms with Crippen molar-refractivity contribution in [2.24, 2.45) is 0 Å². The molecule has 0 aliphatic carbocycles. The molecule has 1 aromatic heterocycles. The third-order valence-corrected chi connectivity index (χ3v) is 2.75. The van der Waals surface area contributed by atoms with Gasteiger partial charge < -0.3 is 5.11 Å². The Morgan fingerprint density at radius 3 is 2.81 bits per heavy atom. The van der Waals surface area contributed by atoms with Gasteiger partial charge in [0.15, 0.2) is 0 Å². The minimum absolute atomic E-state index is 0.474. The predicted octanol–water partition coefficient (Wildman–Crippen LogP) is 2.81. The van der Waals surface area contributed by atoms with Gasteiger partial charge in [0.05, 0.1) is 11.4 Å². The molecule has 1 heterocycles. The van der Waals surface area contributed by atoms with Crippen LogP contribution in [0.25, 0.3) is 10.9 Å². The van der Waals surface area contributed by atoms with Gasteiger partial charge in [-0.15, -0.1) is 0 Å². The van der Waals surface area contributed by atoms with Gasteiger partial charge in [0.2, 0.25) is 0 Å². The van der Waals surface area contributed by atoms with Crippen LogP contribution >= 0.6 is 0 Å². The normalized spacial score (nSPS) is 12.6. The Balaban J connectivity index is 2.63. The standard InChI is InChI=1S/C13H13NO2/c1-2-10(13(15)16)11-7-3-5-9-6-4-8-14-12(9)11/h3-8,10H,2H2,1H3,(H,15,16). The molecule has 0 bridgehead atoms. The average molecular weight is 215 g/mol. The molecule has 0 radical (unpaired) electrons. The quantitative estimate of drug-likeness (QED) is 0.856. The predicted molar refractivity (Wildman–Crippen MR) is 62.4 cm³/mol. The van der Waals surface area contributed by atoms with Gasteiger partial charge in [-0.25, -0.2) is 0 Å². The first-order valence-corrected chi connectivity index (χ1v) is 5.30. The lowest BCUT2D eigenvalue weighted by Crippen LogP contribution is -2.11. The Morgan fingerprint density at radius 2 is 2.12 bits per heavy atom. The molecule has 1 unspecified atom stereocenters. The third kappa shape index (κ3) is 1.76. The van der Waals surface area contributed by atoms with Crippen LogP contribution in [0.15, 0.2) is 36.5 Å². The van der Waals surface area contributed by atoms with Gasteiger partial charge in [0.1, 0.15) is 0 Å². The summed E-state index contributed by atoms with van der Waals surface area (Å²) >= 11 is 0. The lowest BCUT2D eigenvalue weighted by Gasteiger charge is -2.12. The van der Waals surface area contributed by atoms with E-state index < -0.39 is 11.9 Å². The summed E-state index contributed by atoms with van der Waals surface area (Å²) < 4.78 is 0. The first-order chi connectivity index (χ1) is 7.74. The van der Waals surface area contributed by atoms with Gasteiger partial charge in [-0.1, -0.05) is 31.2 Å². The fourth-order valence-corrected chi connectivity index (χ4v) is 1.94. The molecule has 3 heteroatoms. The highest BCUT2D eigenvalue weighted by Gasteiger charge is 2.19. The molecule has 2 aromatic rings. The zero-order valence-electron chi connectivity index (χ0n) is 9.05. The molecular formula is C13H13NO2. The zero-order chi connectivity index (χ0) is 11.5. The van der Waals surface area contributed by atoms with Crippen LogP contribution in [-0.2, 0) is 4.79 Å². The number of nitrogens with zero attached hydrogens (tertiary/aromatic N) is 1. The van der Waals surface area contributed by atoms with Gasteiger partial charge in [0.25, 0.3) is 0 Å². The molecule has 82 valence electrons. The molecule has 0 spiro atoms. The molecule has 3 nitrogen and oxygen atoms in total. The molecule has 0 fully saturated rings. The molecule has 1 N–H and O–H groups in total. The minimum Gasteiger partial charge on any atom is -0.481 e. The zero-order valence-corrected chi connectivity index (χ0v) is 9.05. The summed E-state index contributed by atoms with van der Waals surface area (Å²) in [5, 5.41) is 10.1. The van der Waals surface area contributed by atoms with E-state index in [-0.39, 0.29) is 0 Å². The number of fused-ring (bicyclic) bond motifs is 1. The summed E-state index contributed by atoms with van der Waals surface area (Å²) in [6.45, 7) is 1.88. The van der Waals surface area contributed by atoms with Crippen molar-refractivity contribution < 1.29 is 9.90 Å². The van der Waals surface area contributed by atoms with Crippen LogP contribution in [0.4, 0.5) is 0 Å². The topological polar surface area (TPSA) is 50.2 Å². The molecule has 0 saturated heterocycles. The summed E-state index contributed by atoms with van der Waals surface area (Å²) in [7, 11) is 0. The van der Waals surface area contributed by atoms with Crippen molar-refractivity contribution in [3.63, 3.8) is 0 Å². The van der Waals surface area contributed by atoms with Crippen molar-refractivity contribution in [2.75, 3.05) is 0 Å². The SMILES string of the molecule is CCC(C(=O)O)c1cccc2cccnc12. The first kappa shape index (κ1) is 10.6. The number of rotatable bonds is 3. The van der Waals surface area contributed by atoms with Crippen molar-refractivity contribution in [1.29, 1.82) is 0 Å². The van der Waals surface area contributed by atoms with E-state index in [1.54, 1.807) is 6.20 Å². The van der Waals surface area contributed by atoms with E-state index in [0.29, 0.717) is 6.42 Å². The Morgan fingerprint density at radius 1 is 1.38 bits per heavy atom. The Bertz CT molecular complexity index is 517. The average Bonchev–Trinajstić information content (AvgIpc) is 2.30. The summed E-state index contributed by atoms with van der Waals surface area (Å²) in [6, 6.07) is 9.47. The minimum atomic E-state index is -0.791. The molecule has 1 atom stereocenters. The highest BCUT2D eigenvalue weighted by atomic mass is 16.4. The number of aliphatic carboxylic acids is 1. The largest absolute Gasteiger partial charge is 0.481 e. The Labute approximate surface area is 93.7 Å². The number of aromatic nitrogens is 1. The molecular weight excluding hydrogens is 202 g/mol. The van der Waals surface area contributed by atoms with Crippen molar-refractivity contribution in [1.82, 2.24) is 4.98 Å². The molecule has 0 amide bonds. The number of pyridine rings is 1. The number of carbonyl (C=O) groups is 1. The molecule has 0 aliphatic heterocycles. The van der Waals surface area contributed by atoms with Gasteiger partial charge in [-0.3, -0.25) is 9.78 Å². The second kappa shape index (κ2) is 4.31. The summed E-state index contributed by atoms with van der Waals surface area (Å²) in [6.07, 6.45) is 2.27. The number of hydrogen-bond acceptors (Lipinski definition) is 2. The van der Waals surface area contributed by atoms with Crippen molar-refractivity contribution in [2.45, 2.75) is 19.3 Å². The lowest BCUT2D eigenvalue weighted by molar-refractivity contribution is -0.138. The monoisotopic (exact) mass is 215 g/mol. The maximum atomic E-state index is 11.1. The van der Waals surface area contributed by atoms with Crippen molar-refractivity contribution >= 4 is 16.9 Å². The van der Waals surface area contributed by atoms with E-state index in [2.05, 4.69) is 4.98 Å². The lowest BCUT2D eigenvalue weighted by atomic mass is 9.94. The summed E-state index contributed by atoms with van der Waals surface area (Å²) in [5.74, 6) is -1.26. The Kier molecular flexibility index (Phi) is 2.86. The van der Waals surface area contributed by atoms with Gasteiger partial charge in [-0.05, 0) is 18.1 Å². The Hall–Kier alpha value is -1.90. The molecule has 0 aliphatic rings. The molecule has 2 rings (SSSR count). The first-order valence-electron chi connectivity index (χ1n) is 5.30. The van der Waals surface area contributed by atoms with E-state index in [4.69, 9.17) is 5.11 Å². The summed E-state index contributed by atoms with van der Waals surface area (Å²) in [5.41, 5.74) is 1.59. The van der Waals surface area contributed by atoms with Crippen LogP contribution in [0.2, 0.25) is 0 Å². The van der Waals surface area contributed by atoms with E-state index in [9.17, 15) is 4.79 Å². The smallest absolute Gasteiger partial charge is 0.311 e. The van der Waals surface area contributed by atoms with Crippen LogP contribution in [0.5, 0.6) is 0 Å². The van der Waals surface area contributed by atoms with Gasteiger partial charge >= 0.3 is 5.97 Å². The van der Waals surface area contributed by atoms with Gasteiger partial charge in [-0.2, -0.15) is 0 Å². The number of carboxylic acid groups (broad SMARTS) is 1. The second-order valence-corrected chi connectivity index (χ2v) is 3.72. The van der Waals surface area contributed by atoms with Gasteiger partial charge in [0, 0.05) is 11.6 Å². The molecule has 16 heavy (non-hydrogen) atoms. The highest BCUT2D eigenvalue weighted by molar-refractivity contribution is 5.87. The maximum absolute atomic E-state index is 11.1. The summed E-state index contributed by atoms with van der Waals surface area (Å²) in [4.78, 5) is 15.4. The maximum Gasteiger partial charge on any atom is 0.311 e. The number of hydrogen-bond donors (Lipinski definition) is 1. The van der Waals surface area contributed by atoms with E-state index in [0.717, 1.165) is 16.5 Å². The van der Waals surface area contributed by atoms with Crippen LogP contribution < -0.4 is 0 Å². The fourth-order valence-electron chi connectivity index (χ4n) is 1.94.